The molecule has 1 aliphatic rings. The number of halogens is 1. The topological polar surface area (TPSA) is 93.5 Å². The van der Waals surface area contributed by atoms with Crippen LogP contribution in [-0.4, -0.2) is 49.0 Å². The maximum Gasteiger partial charge on any atom is 0.330 e. The second kappa shape index (κ2) is 8.05. The highest BCUT2D eigenvalue weighted by atomic mass is 28.4. The van der Waals surface area contributed by atoms with E-state index >= 15 is 0 Å². The summed E-state index contributed by atoms with van der Waals surface area (Å²) in [5.74, 6) is -1.07. The Kier molecular flexibility index (Phi) is 6.80. The van der Waals surface area contributed by atoms with E-state index in [0.29, 0.717) is 0 Å². The molecule has 3 atom stereocenters. The van der Waals surface area contributed by atoms with Crippen molar-refractivity contribution in [3.05, 3.63) is 32.9 Å². The number of nitrogens with zero attached hydrogens (tertiary/aromatic N) is 1. The molecule has 10 heteroatoms. The number of aromatic amines is 1. The summed E-state index contributed by atoms with van der Waals surface area (Å²) in [6, 6.07) is 0. The monoisotopic (exact) mass is 474 g/mol. The van der Waals surface area contributed by atoms with Crippen molar-refractivity contribution in [2.75, 3.05) is 6.61 Å². The predicted molar refractivity (Wildman–Crippen MR) is 125 cm³/mol. The van der Waals surface area contributed by atoms with Crippen LogP contribution in [-0.2, 0) is 9.16 Å². The summed E-state index contributed by atoms with van der Waals surface area (Å²) in [4.78, 5) is 25.8. The van der Waals surface area contributed by atoms with E-state index in [4.69, 9.17) is 9.16 Å². The summed E-state index contributed by atoms with van der Waals surface area (Å²) in [5.41, 5.74) is -1.84. The van der Waals surface area contributed by atoms with Crippen LogP contribution < -0.4 is 11.2 Å². The Morgan fingerprint density at radius 1 is 1.19 bits per heavy atom. The molecule has 2 N–H and O–H groups in total. The van der Waals surface area contributed by atoms with Crippen molar-refractivity contribution in [1.82, 2.24) is 9.55 Å². The third-order valence-corrected chi connectivity index (χ3v) is 18.9. The smallest absolute Gasteiger partial charge is 0.330 e. The van der Waals surface area contributed by atoms with Gasteiger partial charge in [0, 0.05) is 6.42 Å². The SMILES string of the molecule is CC(C)(C)[Si](C)(C)OC[C@H]1O[C@@H](n2cc(F)c(=O)[nH]c2=O)C[C@@]1(O)[Si](C)(C)C(C)(C)C. The minimum Gasteiger partial charge on any atom is -0.414 e. The van der Waals surface area contributed by atoms with Crippen molar-refractivity contribution in [2.45, 2.75) is 102 Å². The van der Waals surface area contributed by atoms with Gasteiger partial charge in [-0.05, 0) is 23.2 Å². The van der Waals surface area contributed by atoms with Crippen molar-refractivity contribution >= 4 is 16.4 Å². The molecule has 0 radical (unpaired) electrons. The maximum atomic E-state index is 13.9. The molecule has 1 aromatic rings. The zero-order valence-electron chi connectivity index (χ0n) is 20.6. The predicted octanol–water partition coefficient (Wildman–Crippen LogP) is 3.76. The molecule has 0 unspecified atom stereocenters. The Bertz CT molecular complexity index is 929. The van der Waals surface area contributed by atoms with Crippen LogP contribution in [0.3, 0.4) is 0 Å². The van der Waals surface area contributed by atoms with E-state index in [2.05, 4.69) is 67.7 Å². The van der Waals surface area contributed by atoms with Crippen molar-refractivity contribution in [3.8, 4) is 0 Å². The summed E-state index contributed by atoms with van der Waals surface area (Å²) in [6.45, 7) is 21.4. The Hall–Kier alpha value is -1.08. The molecule has 178 valence electrons. The number of ether oxygens (including phenoxy) is 1. The lowest BCUT2D eigenvalue weighted by atomic mass is 10.1. The largest absolute Gasteiger partial charge is 0.414 e. The quantitative estimate of drug-likeness (QED) is 0.634. The third-order valence-electron chi connectivity index (χ3n) is 7.93. The number of hydrogen-bond acceptors (Lipinski definition) is 5. The van der Waals surface area contributed by atoms with Crippen molar-refractivity contribution in [2.24, 2.45) is 0 Å². The molecule has 1 aliphatic heterocycles. The molecule has 0 aromatic carbocycles. The molecule has 0 amide bonds. The molecule has 0 spiro atoms. The van der Waals surface area contributed by atoms with Crippen LogP contribution in [0.5, 0.6) is 0 Å². The van der Waals surface area contributed by atoms with E-state index in [1.165, 1.54) is 0 Å². The van der Waals surface area contributed by atoms with Crippen LogP contribution in [0.4, 0.5) is 4.39 Å². The molecule has 31 heavy (non-hydrogen) atoms. The summed E-state index contributed by atoms with van der Waals surface area (Å²) >= 11 is 0. The first-order valence-corrected chi connectivity index (χ1v) is 16.7. The Morgan fingerprint density at radius 2 is 1.74 bits per heavy atom. The molecule has 2 heterocycles. The van der Waals surface area contributed by atoms with Crippen LogP contribution in [0.15, 0.2) is 15.8 Å². The molecule has 1 saturated heterocycles. The lowest BCUT2D eigenvalue weighted by molar-refractivity contribution is -0.0572. The van der Waals surface area contributed by atoms with Crippen LogP contribution in [0.1, 0.15) is 54.2 Å². The van der Waals surface area contributed by atoms with E-state index in [1.807, 2.05) is 4.98 Å². The molecule has 0 saturated carbocycles. The first-order chi connectivity index (χ1) is 13.7. The normalized spacial score (nSPS) is 25.8. The van der Waals surface area contributed by atoms with Crippen molar-refractivity contribution < 1.29 is 18.7 Å². The Labute approximate surface area is 186 Å². The van der Waals surface area contributed by atoms with Crippen LogP contribution in [0.2, 0.25) is 36.3 Å². The minimum atomic E-state index is -2.43. The van der Waals surface area contributed by atoms with Gasteiger partial charge in [0.2, 0.25) is 5.82 Å². The fourth-order valence-corrected chi connectivity index (χ4v) is 7.51. The lowest BCUT2D eigenvalue weighted by Gasteiger charge is -2.49. The number of aromatic nitrogens is 2. The Balaban J connectivity index is 2.49. The van der Waals surface area contributed by atoms with Gasteiger partial charge in [0.1, 0.15) is 12.3 Å². The number of nitrogens with one attached hydrogen (secondary N) is 1. The Morgan fingerprint density at radius 3 is 2.23 bits per heavy atom. The highest BCUT2D eigenvalue weighted by Gasteiger charge is 2.62. The van der Waals surface area contributed by atoms with E-state index < -0.39 is 51.0 Å². The fraction of sp³-hybridized carbons (Fsp3) is 0.810. The van der Waals surface area contributed by atoms with Gasteiger partial charge in [-0.15, -0.1) is 0 Å². The standard InChI is InChI=1S/C21H39FN2O5Si2/c1-19(2,3)30(7,8)21(27)11-16(24-12-14(22)17(25)23-18(24)26)29-15(21)13-28-31(9,10)20(4,5)6/h12,15-16,27H,11,13H2,1-10H3,(H,23,25,26)/t15-,16-,21-/m1/s1. The summed E-state index contributed by atoms with van der Waals surface area (Å²) in [5, 5.41) is 10.6. The van der Waals surface area contributed by atoms with E-state index in [9.17, 15) is 19.1 Å². The van der Waals surface area contributed by atoms with Crippen LogP contribution in [0.25, 0.3) is 0 Å². The van der Waals surface area contributed by atoms with E-state index in [-0.39, 0.29) is 23.1 Å². The third kappa shape index (κ3) is 4.68. The molecule has 0 bridgehead atoms. The first kappa shape index (κ1) is 26.2. The molecular formula is C21H39FN2O5Si2. The van der Waals surface area contributed by atoms with Gasteiger partial charge in [-0.25, -0.2) is 4.79 Å². The van der Waals surface area contributed by atoms with E-state index in [0.717, 1.165) is 10.8 Å². The van der Waals surface area contributed by atoms with Gasteiger partial charge in [0.15, 0.2) is 8.32 Å². The van der Waals surface area contributed by atoms with Gasteiger partial charge in [-0.1, -0.05) is 54.6 Å². The van der Waals surface area contributed by atoms with Crippen molar-refractivity contribution in [3.63, 3.8) is 0 Å². The zero-order valence-corrected chi connectivity index (χ0v) is 22.6. The number of H-pyrrole nitrogens is 1. The second-order valence-electron chi connectivity index (χ2n) is 11.8. The molecule has 1 aromatic heterocycles. The highest BCUT2D eigenvalue weighted by molar-refractivity contribution is 6.83. The first-order valence-electron chi connectivity index (χ1n) is 10.8. The second-order valence-corrected chi connectivity index (χ2v) is 22.2. The van der Waals surface area contributed by atoms with Gasteiger partial charge in [-0.2, -0.15) is 4.39 Å². The minimum absolute atomic E-state index is 0.0148. The number of rotatable bonds is 5. The zero-order chi connectivity index (χ0) is 24.2. The highest BCUT2D eigenvalue weighted by Crippen LogP contribution is 2.51. The lowest BCUT2D eigenvalue weighted by Crippen LogP contribution is -2.65. The van der Waals surface area contributed by atoms with Gasteiger partial charge in [0.25, 0.3) is 5.56 Å². The van der Waals surface area contributed by atoms with Crippen LogP contribution >= 0.6 is 0 Å². The van der Waals surface area contributed by atoms with Crippen LogP contribution in [0, 0.1) is 5.82 Å². The van der Waals surface area contributed by atoms with Crippen molar-refractivity contribution in [1.29, 1.82) is 0 Å². The van der Waals surface area contributed by atoms with Gasteiger partial charge >= 0.3 is 5.69 Å². The average Bonchev–Trinajstić information content (AvgIpc) is 2.92. The summed E-state index contributed by atoms with van der Waals surface area (Å²) in [6.07, 6.45) is -0.588. The maximum absolute atomic E-state index is 13.9. The number of aliphatic hydroxyl groups is 1. The molecule has 7 nitrogen and oxygen atoms in total. The fourth-order valence-electron chi connectivity index (χ4n) is 3.57. The van der Waals surface area contributed by atoms with Gasteiger partial charge in [-0.3, -0.25) is 14.3 Å². The molecule has 0 aliphatic carbocycles. The molecular weight excluding hydrogens is 435 g/mol. The summed E-state index contributed by atoms with van der Waals surface area (Å²) in [7, 11) is -4.55. The summed E-state index contributed by atoms with van der Waals surface area (Å²) < 4.78 is 27.5. The molecule has 1 fully saturated rings. The molecule has 2 rings (SSSR count). The van der Waals surface area contributed by atoms with Gasteiger partial charge in [0.05, 0.1) is 26.1 Å². The number of hydrogen-bond donors (Lipinski definition) is 2. The van der Waals surface area contributed by atoms with E-state index in [1.54, 1.807) is 0 Å². The van der Waals surface area contributed by atoms with Gasteiger partial charge < -0.3 is 14.3 Å². The average molecular weight is 475 g/mol.